The molecule has 10 nitrogen and oxygen atoms in total. The summed E-state index contributed by atoms with van der Waals surface area (Å²) in [5.74, 6) is -0.0253. The largest absolute Gasteiger partial charge is 0.394 e. The number of nitrogens with zero attached hydrogens (tertiary/aromatic N) is 3. The lowest BCUT2D eigenvalue weighted by Gasteiger charge is -2.39. The third kappa shape index (κ3) is 8.58. The Labute approximate surface area is 255 Å². The van der Waals surface area contributed by atoms with Crippen LogP contribution in [0, 0.1) is 18.8 Å². The van der Waals surface area contributed by atoms with Crippen LogP contribution >= 0.6 is 0 Å². The van der Waals surface area contributed by atoms with Crippen molar-refractivity contribution in [2.24, 2.45) is 11.8 Å². The molecule has 0 bridgehead atoms. The normalized spacial score (nSPS) is 17.7. The van der Waals surface area contributed by atoms with E-state index in [2.05, 4.69) is 16.0 Å². The Balaban J connectivity index is 1.33. The predicted octanol–water partition coefficient (Wildman–Crippen LogP) is 3.37. The molecule has 1 saturated carbocycles. The first-order valence-corrected chi connectivity index (χ1v) is 16.1. The highest BCUT2D eigenvalue weighted by atomic mass is 16.5. The minimum absolute atomic E-state index is 0.00412. The van der Waals surface area contributed by atoms with Crippen LogP contribution in [0.5, 0.6) is 0 Å². The minimum Gasteiger partial charge on any atom is -0.394 e. The molecule has 2 heterocycles. The molecule has 3 amide bonds. The van der Waals surface area contributed by atoms with Gasteiger partial charge in [0.1, 0.15) is 6.04 Å². The number of amides is 3. The number of rotatable bonds is 14. The van der Waals surface area contributed by atoms with E-state index in [1.54, 1.807) is 0 Å². The summed E-state index contributed by atoms with van der Waals surface area (Å²) < 4.78 is 13.1. The molecule has 43 heavy (non-hydrogen) atoms. The Morgan fingerprint density at radius 2 is 1.63 bits per heavy atom. The molecule has 1 saturated heterocycles. The van der Waals surface area contributed by atoms with Gasteiger partial charge in [-0.2, -0.15) is 0 Å². The van der Waals surface area contributed by atoms with Crippen molar-refractivity contribution in [1.82, 2.24) is 19.7 Å². The van der Waals surface area contributed by atoms with Gasteiger partial charge in [-0.15, -0.1) is 0 Å². The van der Waals surface area contributed by atoms with Gasteiger partial charge >= 0.3 is 0 Å². The number of nitrogens with one attached hydrogen (secondary N) is 1. The zero-order valence-electron chi connectivity index (χ0n) is 26.2. The van der Waals surface area contributed by atoms with E-state index >= 15 is 0 Å². The number of hydrogen-bond donors (Lipinski definition) is 2. The second-order valence-electron chi connectivity index (χ2n) is 12.0. The Hall–Kier alpha value is -2.95. The minimum atomic E-state index is -0.483. The highest BCUT2D eigenvalue weighted by molar-refractivity contribution is 5.98. The maximum atomic E-state index is 13.7. The summed E-state index contributed by atoms with van der Waals surface area (Å²) in [6.45, 7) is 10.3. The molecule has 1 aromatic carbocycles. The molecule has 4 rings (SSSR count). The van der Waals surface area contributed by atoms with Crippen LogP contribution in [0.4, 0.5) is 0 Å². The lowest BCUT2D eigenvalue weighted by atomic mass is 9.83. The number of carbonyl (C=O) groups is 3. The summed E-state index contributed by atoms with van der Waals surface area (Å²) >= 11 is 0. The van der Waals surface area contributed by atoms with Gasteiger partial charge in [0.25, 0.3) is 5.91 Å². The van der Waals surface area contributed by atoms with Crippen LogP contribution in [-0.2, 0) is 25.6 Å². The van der Waals surface area contributed by atoms with E-state index in [1.165, 1.54) is 6.42 Å². The molecule has 1 aliphatic heterocycles. The maximum absolute atomic E-state index is 13.7. The molecule has 0 radical (unpaired) electrons. The van der Waals surface area contributed by atoms with Gasteiger partial charge < -0.3 is 34.3 Å². The summed E-state index contributed by atoms with van der Waals surface area (Å²) in [4.78, 5) is 43.6. The SMILES string of the molecule is CC[C@@H](C)C(=O)N[C@H](C(=O)N1CCN(C(=O)c2ccc3c(c2)cc(C)n3CCOCCOCCO)CC1)C1CCCCC1. The van der Waals surface area contributed by atoms with Crippen molar-refractivity contribution in [1.29, 1.82) is 0 Å². The third-order valence-electron chi connectivity index (χ3n) is 9.05. The molecule has 1 aromatic heterocycles. The van der Waals surface area contributed by atoms with E-state index in [-0.39, 0.29) is 36.2 Å². The molecule has 2 atom stereocenters. The lowest BCUT2D eigenvalue weighted by Crippen LogP contribution is -2.58. The van der Waals surface area contributed by atoms with Gasteiger partial charge in [0.05, 0.1) is 33.0 Å². The lowest BCUT2D eigenvalue weighted by molar-refractivity contribution is -0.140. The Morgan fingerprint density at radius 1 is 0.953 bits per heavy atom. The molecule has 2 N–H and O–H groups in total. The zero-order valence-corrected chi connectivity index (χ0v) is 26.2. The van der Waals surface area contributed by atoms with Crippen LogP contribution in [-0.4, -0.2) is 102 Å². The molecule has 238 valence electrons. The summed E-state index contributed by atoms with van der Waals surface area (Å²) in [7, 11) is 0. The Morgan fingerprint density at radius 3 is 2.30 bits per heavy atom. The van der Waals surface area contributed by atoms with Crippen LogP contribution in [0.2, 0.25) is 0 Å². The quantitative estimate of drug-likeness (QED) is 0.323. The highest BCUT2D eigenvalue weighted by Gasteiger charge is 2.36. The number of aryl methyl sites for hydroxylation is 1. The van der Waals surface area contributed by atoms with Crippen molar-refractivity contribution in [2.45, 2.75) is 71.9 Å². The molecular formula is C33H50N4O6. The molecule has 2 aliphatic rings. The van der Waals surface area contributed by atoms with Gasteiger partial charge in [0.15, 0.2) is 0 Å². The van der Waals surface area contributed by atoms with Crippen LogP contribution in [0.25, 0.3) is 10.9 Å². The number of aliphatic hydroxyl groups excluding tert-OH is 1. The number of aromatic nitrogens is 1. The molecule has 10 heteroatoms. The summed E-state index contributed by atoms with van der Waals surface area (Å²) in [6, 6.07) is 7.43. The third-order valence-corrected chi connectivity index (χ3v) is 9.05. The zero-order chi connectivity index (χ0) is 30.8. The topological polar surface area (TPSA) is 113 Å². The first-order valence-electron chi connectivity index (χ1n) is 16.1. The molecule has 2 aromatic rings. The molecular weight excluding hydrogens is 548 g/mol. The molecule has 2 fully saturated rings. The summed E-state index contributed by atoms with van der Waals surface area (Å²) in [5.41, 5.74) is 2.79. The van der Waals surface area contributed by atoms with E-state index in [0.717, 1.165) is 48.7 Å². The van der Waals surface area contributed by atoms with E-state index in [0.29, 0.717) is 64.7 Å². The van der Waals surface area contributed by atoms with E-state index in [9.17, 15) is 14.4 Å². The number of carbonyl (C=O) groups excluding carboxylic acids is 3. The number of benzene rings is 1. The highest BCUT2D eigenvalue weighted by Crippen LogP contribution is 2.28. The van der Waals surface area contributed by atoms with Crippen LogP contribution in [0.15, 0.2) is 24.3 Å². The van der Waals surface area contributed by atoms with Crippen LogP contribution < -0.4 is 5.32 Å². The van der Waals surface area contributed by atoms with E-state index in [1.807, 2.05) is 48.8 Å². The average Bonchev–Trinajstić information content (AvgIpc) is 3.36. The van der Waals surface area contributed by atoms with E-state index < -0.39 is 6.04 Å². The molecule has 0 spiro atoms. The van der Waals surface area contributed by atoms with Crippen LogP contribution in [0.3, 0.4) is 0 Å². The van der Waals surface area contributed by atoms with Crippen LogP contribution in [0.1, 0.15) is 68.4 Å². The molecule has 1 aliphatic carbocycles. The summed E-state index contributed by atoms with van der Waals surface area (Å²) in [6.07, 6.45) is 6.05. The second-order valence-corrected chi connectivity index (χ2v) is 12.0. The smallest absolute Gasteiger partial charge is 0.253 e. The van der Waals surface area contributed by atoms with Crippen molar-refractivity contribution in [3.05, 3.63) is 35.5 Å². The fourth-order valence-electron chi connectivity index (χ4n) is 6.22. The fraction of sp³-hybridized carbons (Fsp3) is 0.667. The fourth-order valence-corrected chi connectivity index (χ4v) is 6.22. The Kier molecular flexibility index (Phi) is 12.4. The van der Waals surface area contributed by atoms with Gasteiger partial charge in [-0.05, 0) is 56.4 Å². The number of hydrogen-bond acceptors (Lipinski definition) is 6. The number of ether oxygens (including phenoxy) is 2. The van der Waals surface area contributed by atoms with Crippen molar-refractivity contribution in [3.8, 4) is 0 Å². The molecule has 0 unspecified atom stereocenters. The standard InChI is InChI=1S/C33H50N4O6/c1-4-24(2)31(39)34-30(26-8-6-5-7-9-26)33(41)36-14-12-35(13-15-36)32(40)27-10-11-29-28(23-27)22-25(3)37(29)16-18-42-20-21-43-19-17-38/h10-11,22-24,26,30,38H,4-9,12-21H2,1-3H3,(H,34,39)/t24-,30+/m1/s1. The predicted molar refractivity (Wildman–Crippen MR) is 166 cm³/mol. The maximum Gasteiger partial charge on any atom is 0.253 e. The average molecular weight is 599 g/mol. The number of fused-ring (bicyclic) bond motifs is 1. The van der Waals surface area contributed by atoms with Gasteiger partial charge in [0.2, 0.25) is 11.8 Å². The monoisotopic (exact) mass is 598 g/mol. The van der Waals surface area contributed by atoms with Gasteiger partial charge in [-0.3, -0.25) is 14.4 Å². The Bertz CT molecular complexity index is 1220. The van der Waals surface area contributed by atoms with Crippen molar-refractivity contribution >= 4 is 28.6 Å². The second kappa shape index (κ2) is 16.2. The van der Waals surface area contributed by atoms with Gasteiger partial charge in [0, 0.05) is 60.8 Å². The first-order chi connectivity index (χ1) is 20.8. The van der Waals surface area contributed by atoms with Gasteiger partial charge in [-0.25, -0.2) is 0 Å². The number of aliphatic hydroxyl groups is 1. The summed E-state index contributed by atoms with van der Waals surface area (Å²) in [5, 5.41) is 12.9. The van der Waals surface area contributed by atoms with Crippen molar-refractivity contribution in [2.75, 3.05) is 59.2 Å². The van der Waals surface area contributed by atoms with Gasteiger partial charge in [-0.1, -0.05) is 33.1 Å². The first kappa shape index (κ1) is 33.0. The van der Waals surface area contributed by atoms with E-state index in [4.69, 9.17) is 14.6 Å². The van der Waals surface area contributed by atoms with Crippen molar-refractivity contribution in [3.63, 3.8) is 0 Å². The van der Waals surface area contributed by atoms with Crippen molar-refractivity contribution < 1.29 is 29.0 Å². The number of piperazine rings is 1.